The number of rotatable bonds is 4. The minimum atomic E-state index is -3.73. The number of hydrogen-bond donors (Lipinski definition) is 1. The van der Waals surface area contributed by atoms with Crippen LogP contribution in [-0.2, 0) is 20.2 Å². The van der Waals surface area contributed by atoms with E-state index in [9.17, 15) is 13.2 Å². The van der Waals surface area contributed by atoms with Crippen molar-refractivity contribution >= 4 is 43.2 Å². The summed E-state index contributed by atoms with van der Waals surface area (Å²) in [5, 5.41) is 0. The zero-order valence-electron chi connectivity index (χ0n) is 15.8. The third-order valence-corrected chi connectivity index (χ3v) is 6.56. The van der Waals surface area contributed by atoms with Gasteiger partial charge in [0.25, 0.3) is 10.0 Å². The topological polar surface area (TPSA) is 66.5 Å². The van der Waals surface area contributed by atoms with Crippen LogP contribution >= 0.6 is 15.9 Å². The smallest absolute Gasteiger partial charge is 0.261 e. The predicted molar refractivity (Wildman–Crippen MR) is 112 cm³/mol. The van der Waals surface area contributed by atoms with Crippen LogP contribution in [0.1, 0.15) is 33.3 Å². The second-order valence-electron chi connectivity index (χ2n) is 7.76. The summed E-state index contributed by atoms with van der Waals surface area (Å²) in [5.74, 6) is -0.0713. The molecule has 1 heterocycles. The SMILES string of the molecule is CC(C)C(=O)N1CC(C)(C)c2cc(S(=O)(=O)Nc3cccc(Br)c3)ccc21. The summed E-state index contributed by atoms with van der Waals surface area (Å²) < 4.78 is 29.1. The van der Waals surface area contributed by atoms with Crippen molar-refractivity contribution < 1.29 is 13.2 Å². The minimum absolute atomic E-state index is 0.0460. The van der Waals surface area contributed by atoms with Gasteiger partial charge in [-0.05, 0) is 42.0 Å². The third-order valence-electron chi connectivity index (χ3n) is 4.69. The van der Waals surface area contributed by atoms with Crippen molar-refractivity contribution in [1.82, 2.24) is 0 Å². The molecule has 7 heteroatoms. The molecule has 0 aliphatic carbocycles. The van der Waals surface area contributed by atoms with Crippen LogP contribution in [0.3, 0.4) is 0 Å². The molecule has 27 heavy (non-hydrogen) atoms. The summed E-state index contributed by atoms with van der Waals surface area (Å²) in [6.45, 7) is 8.33. The largest absolute Gasteiger partial charge is 0.311 e. The Bertz CT molecular complexity index is 1000. The van der Waals surface area contributed by atoms with Crippen molar-refractivity contribution in [2.45, 2.75) is 38.0 Å². The Labute approximate surface area is 169 Å². The second-order valence-corrected chi connectivity index (χ2v) is 10.4. The molecule has 0 atom stereocenters. The fourth-order valence-electron chi connectivity index (χ4n) is 3.30. The maximum absolute atomic E-state index is 12.8. The number of nitrogens with one attached hydrogen (secondary N) is 1. The summed E-state index contributed by atoms with van der Waals surface area (Å²) >= 11 is 3.34. The third kappa shape index (κ3) is 3.89. The summed E-state index contributed by atoms with van der Waals surface area (Å²) in [6, 6.07) is 12.0. The van der Waals surface area contributed by atoms with E-state index in [2.05, 4.69) is 20.7 Å². The van der Waals surface area contributed by atoms with Gasteiger partial charge in [-0.1, -0.05) is 49.7 Å². The zero-order chi connectivity index (χ0) is 20.0. The van der Waals surface area contributed by atoms with Crippen molar-refractivity contribution in [2.75, 3.05) is 16.2 Å². The summed E-state index contributed by atoms with van der Waals surface area (Å²) in [4.78, 5) is 14.5. The molecule has 0 spiro atoms. The zero-order valence-corrected chi connectivity index (χ0v) is 18.2. The molecule has 1 N–H and O–H groups in total. The van der Waals surface area contributed by atoms with Gasteiger partial charge in [0.1, 0.15) is 0 Å². The number of amides is 1. The summed E-state index contributed by atoms with van der Waals surface area (Å²) in [7, 11) is -3.73. The molecule has 3 rings (SSSR count). The van der Waals surface area contributed by atoms with Crippen LogP contribution in [0.5, 0.6) is 0 Å². The van der Waals surface area contributed by atoms with Crippen LogP contribution < -0.4 is 9.62 Å². The lowest BCUT2D eigenvalue weighted by Crippen LogP contribution is -2.36. The molecule has 0 unspecified atom stereocenters. The van der Waals surface area contributed by atoms with Gasteiger partial charge in [-0.3, -0.25) is 9.52 Å². The van der Waals surface area contributed by atoms with Crippen LogP contribution in [0.15, 0.2) is 51.8 Å². The van der Waals surface area contributed by atoms with Gasteiger partial charge in [-0.25, -0.2) is 8.42 Å². The Morgan fingerprint density at radius 1 is 1.19 bits per heavy atom. The van der Waals surface area contributed by atoms with Crippen molar-refractivity contribution in [2.24, 2.45) is 5.92 Å². The Morgan fingerprint density at radius 3 is 2.52 bits per heavy atom. The standard InChI is InChI=1S/C20H23BrN2O3S/c1-13(2)19(24)23-12-20(3,4)17-11-16(8-9-18(17)23)27(25,26)22-15-7-5-6-14(21)10-15/h5-11,13,22H,12H2,1-4H3. The van der Waals surface area contributed by atoms with Gasteiger partial charge in [-0.15, -0.1) is 0 Å². The van der Waals surface area contributed by atoms with E-state index in [1.807, 2.05) is 33.8 Å². The lowest BCUT2D eigenvalue weighted by atomic mass is 9.87. The minimum Gasteiger partial charge on any atom is -0.311 e. The van der Waals surface area contributed by atoms with Gasteiger partial charge in [0, 0.05) is 33.7 Å². The maximum atomic E-state index is 12.8. The van der Waals surface area contributed by atoms with Gasteiger partial charge in [0.05, 0.1) is 4.90 Å². The normalized spacial score (nSPS) is 15.7. The van der Waals surface area contributed by atoms with E-state index >= 15 is 0 Å². The monoisotopic (exact) mass is 450 g/mol. The molecular weight excluding hydrogens is 428 g/mol. The quantitative estimate of drug-likeness (QED) is 0.743. The van der Waals surface area contributed by atoms with Crippen molar-refractivity contribution in [3.05, 3.63) is 52.5 Å². The number of nitrogens with zero attached hydrogens (tertiary/aromatic N) is 1. The predicted octanol–water partition coefficient (Wildman–Crippen LogP) is 4.53. The van der Waals surface area contributed by atoms with Crippen LogP contribution in [0.2, 0.25) is 0 Å². The van der Waals surface area contributed by atoms with Crippen LogP contribution in [-0.4, -0.2) is 20.9 Å². The fourth-order valence-corrected chi connectivity index (χ4v) is 4.77. The number of benzene rings is 2. The van der Waals surface area contributed by atoms with E-state index in [0.29, 0.717) is 12.2 Å². The molecule has 1 amide bonds. The number of halogens is 1. The number of carbonyl (C=O) groups is 1. The number of anilines is 2. The van der Waals surface area contributed by atoms with E-state index in [4.69, 9.17) is 0 Å². The molecule has 1 aliphatic rings. The van der Waals surface area contributed by atoms with E-state index in [1.165, 1.54) is 0 Å². The van der Waals surface area contributed by atoms with Gasteiger partial charge < -0.3 is 4.90 Å². The molecule has 0 fully saturated rings. The molecule has 2 aromatic carbocycles. The molecule has 0 radical (unpaired) electrons. The molecule has 0 bridgehead atoms. The van der Waals surface area contributed by atoms with E-state index in [-0.39, 0.29) is 22.1 Å². The average Bonchev–Trinajstić information content (AvgIpc) is 2.84. The van der Waals surface area contributed by atoms with Crippen molar-refractivity contribution in [3.63, 3.8) is 0 Å². The second kappa shape index (κ2) is 6.95. The van der Waals surface area contributed by atoms with E-state index in [1.54, 1.807) is 41.3 Å². The Hall–Kier alpha value is -1.86. The Kier molecular flexibility index (Phi) is 5.12. The highest BCUT2D eigenvalue weighted by Gasteiger charge is 2.39. The highest BCUT2D eigenvalue weighted by molar-refractivity contribution is 9.10. The molecule has 144 valence electrons. The van der Waals surface area contributed by atoms with Crippen LogP contribution in [0.4, 0.5) is 11.4 Å². The molecule has 5 nitrogen and oxygen atoms in total. The van der Waals surface area contributed by atoms with Crippen LogP contribution in [0.25, 0.3) is 0 Å². The molecule has 0 saturated heterocycles. The first-order chi connectivity index (χ1) is 12.5. The summed E-state index contributed by atoms with van der Waals surface area (Å²) in [5.41, 5.74) is 1.83. The highest BCUT2D eigenvalue weighted by Crippen LogP contribution is 2.42. The first-order valence-corrected chi connectivity index (χ1v) is 11.0. The van der Waals surface area contributed by atoms with Gasteiger partial charge >= 0.3 is 0 Å². The fraction of sp³-hybridized carbons (Fsp3) is 0.350. The lowest BCUT2D eigenvalue weighted by molar-refractivity contribution is -0.121. The number of fused-ring (bicyclic) bond motifs is 1. The molecule has 0 saturated carbocycles. The van der Waals surface area contributed by atoms with Gasteiger partial charge in [0.2, 0.25) is 5.91 Å². The number of carbonyl (C=O) groups excluding carboxylic acids is 1. The maximum Gasteiger partial charge on any atom is 0.261 e. The number of sulfonamides is 1. The summed E-state index contributed by atoms with van der Waals surface area (Å²) in [6.07, 6.45) is 0. The first-order valence-electron chi connectivity index (χ1n) is 8.75. The lowest BCUT2D eigenvalue weighted by Gasteiger charge is -2.22. The molecule has 2 aromatic rings. The molecular formula is C20H23BrN2O3S. The number of hydrogen-bond acceptors (Lipinski definition) is 3. The van der Waals surface area contributed by atoms with Crippen molar-refractivity contribution in [3.8, 4) is 0 Å². The highest BCUT2D eigenvalue weighted by atomic mass is 79.9. The van der Waals surface area contributed by atoms with Gasteiger partial charge in [-0.2, -0.15) is 0 Å². The Morgan fingerprint density at radius 2 is 1.89 bits per heavy atom. The Balaban J connectivity index is 1.99. The van der Waals surface area contributed by atoms with Gasteiger partial charge in [0.15, 0.2) is 0 Å². The van der Waals surface area contributed by atoms with Crippen molar-refractivity contribution in [1.29, 1.82) is 0 Å². The molecule has 0 aromatic heterocycles. The average molecular weight is 451 g/mol. The molecule has 1 aliphatic heterocycles. The van der Waals surface area contributed by atoms with E-state index < -0.39 is 10.0 Å². The first kappa shape index (κ1) is 19.9. The van der Waals surface area contributed by atoms with E-state index in [0.717, 1.165) is 15.7 Å². The van der Waals surface area contributed by atoms with Crippen LogP contribution in [0, 0.1) is 5.92 Å².